The van der Waals surface area contributed by atoms with Gasteiger partial charge in [0.25, 0.3) is 11.8 Å². The van der Waals surface area contributed by atoms with Gasteiger partial charge in [-0.15, -0.1) is 0 Å². The fourth-order valence-corrected chi connectivity index (χ4v) is 3.70. The lowest BCUT2D eigenvalue weighted by molar-refractivity contribution is -0.124. The molecule has 26 heavy (non-hydrogen) atoms. The summed E-state index contributed by atoms with van der Waals surface area (Å²) in [7, 11) is 0. The molecule has 1 saturated heterocycles. The van der Waals surface area contributed by atoms with Crippen LogP contribution in [0.3, 0.4) is 0 Å². The number of thiazole rings is 1. The lowest BCUT2D eigenvalue weighted by Crippen LogP contribution is -2.27. The van der Waals surface area contributed by atoms with E-state index in [0.717, 1.165) is 23.1 Å². The van der Waals surface area contributed by atoms with Gasteiger partial charge in [-0.3, -0.25) is 14.9 Å². The molecule has 0 saturated carbocycles. The van der Waals surface area contributed by atoms with E-state index in [9.17, 15) is 9.59 Å². The van der Waals surface area contributed by atoms with Gasteiger partial charge in [-0.05, 0) is 43.2 Å². The number of nitrogens with zero attached hydrogens (tertiary/aromatic N) is 1. The highest BCUT2D eigenvalue weighted by Gasteiger charge is 2.23. The van der Waals surface area contributed by atoms with Gasteiger partial charge in [-0.2, -0.15) is 0 Å². The van der Waals surface area contributed by atoms with Gasteiger partial charge in [-0.1, -0.05) is 29.5 Å². The summed E-state index contributed by atoms with van der Waals surface area (Å²) in [4.78, 5) is 29.0. The van der Waals surface area contributed by atoms with Crippen LogP contribution < -0.4 is 10.6 Å². The van der Waals surface area contributed by atoms with Gasteiger partial charge in [0.2, 0.25) is 0 Å². The number of rotatable bonds is 4. The van der Waals surface area contributed by atoms with Crippen molar-refractivity contribution in [3.63, 3.8) is 0 Å². The van der Waals surface area contributed by atoms with Crippen molar-refractivity contribution in [3.05, 3.63) is 54.1 Å². The minimum absolute atomic E-state index is 0.175. The van der Waals surface area contributed by atoms with Crippen molar-refractivity contribution in [2.45, 2.75) is 18.9 Å². The average molecular weight is 367 g/mol. The van der Waals surface area contributed by atoms with Crippen LogP contribution in [0.25, 0.3) is 10.2 Å². The second kappa shape index (κ2) is 7.23. The molecule has 1 atom stereocenters. The molecule has 2 N–H and O–H groups in total. The predicted molar refractivity (Wildman–Crippen MR) is 102 cm³/mol. The maximum absolute atomic E-state index is 12.5. The third-order valence-electron chi connectivity index (χ3n) is 4.13. The van der Waals surface area contributed by atoms with Crippen molar-refractivity contribution in [3.8, 4) is 0 Å². The lowest BCUT2D eigenvalue weighted by atomic mass is 10.1. The average Bonchev–Trinajstić information content (AvgIpc) is 3.31. The topological polar surface area (TPSA) is 80.3 Å². The largest absolute Gasteiger partial charge is 0.368 e. The first-order valence-electron chi connectivity index (χ1n) is 8.38. The van der Waals surface area contributed by atoms with Crippen molar-refractivity contribution in [2.24, 2.45) is 0 Å². The van der Waals surface area contributed by atoms with Crippen molar-refractivity contribution in [2.75, 3.05) is 17.2 Å². The van der Waals surface area contributed by atoms with Crippen LogP contribution in [0.4, 0.5) is 10.8 Å². The summed E-state index contributed by atoms with van der Waals surface area (Å²) in [6.45, 7) is 0.614. The Bertz CT molecular complexity index is 930. The Kier molecular flexibility index (Phi) is 4.64. The molecule has 2 aromatic carbocycles. The molecule has 4 rings (SSSR count). The fourth-order valence-electron chi connectivity index (χ4n) is 2.84. The van der Waals surface area contributed by atoms with Crippen LogP contribution in [0.2, 0.25) is 0 Å². The van der Waals surface area contributed by atoms with Gasteiger partial charge in [0, 0.05) is 17.9 Å². The van der Waals surface area contributed by atoms with Gasteiger partial charge >= 0.3 is 0 Å². The van der Waals surface area contributed by atoms with E-state index in [1.807, 2.05) is 24.3 Å². The molecule has 1 aliphatic heterocycles. The standard InChI is InChI=1S/C19H17N3O3S/c23-17(22-19-21-14-7-1-2-9-16(14)26-19)12-5-3-6-13(11-12)20-18(24)15-8-4-10-25-15/h1-3,5-7,9,11,15H,4,8,10H2,(H,20,24)(H,21,22,23). The van der Waals surface area contributed by atoms with Crippen molar-refractivity contribution in [1.82, 2.24) is 4.98 Å². The second-order valence-electron chi connectivity index (χ2n) is 6.01. The Morgan fingerprint density at radius 3 is 2.81 bits per heavy atom. The van der Waals surface area contributed by atoms with Crippen LogP contribution in [0.5, 0.6) is 0 Å². The number of ether oxygens (including phenoxy) is 1. The van der Waals surface area contributed by atoms with Crippen molar-refractivity contribution in [1.29, 1.82) is 0 Å². The number of hydrogen-bond acceptors (Lipinski definition) is 5. The first kappa shape index (κ1) is 16.7. The molecule has 1 unspecified atom stereocenters. The molecular formula is C19H17N3O3S. The van der Waals surface area contributed by atoms with E-state index >= 15 is 0 Å². The molecular weight excluding hydrogens is 350 g/mol. The third kappa shape index (κ3) is 3.58. The van der Waals surface area contributed by atoms with E-state index in [4.69, 9.17) is 4.74 Å². The Balaban J connectivity index is 1.46. The zero-order valence-corrected chi connectivity index (χ0v) is 14.7. The molecule has 1 aliphatic rings. The summed E-state index contributed by atoms with van der Waals surface area (Å²) < 4.78 is 6.39. The number of hydrogen-bond donors (Lipinski definition) is 2. The highest BCUT2D eigenvalue weighted by atomic mass is 32.1. The smallest absolute Gasteiger partial charge is 0.257 e. The number of carbonyl (C=O) groups excluding carboxylic acids is 2. The van der Waals surface area contributed by atoms with Crippen LogP contribution in [0, 0.1) is 0 Å². The van der Waals surface area contributed by atoms with Crippen LogP contribution in [-0.4, -0.2) is 29.5 Å². The van der Waals surface area contributed by atoms with E-state index in [0.29, 0.717) is 23.0 Å². The van der Waals surface area contributed by atoms with Gasteiger partial charge in [-0.25, -0.2) is 4.98 Å². The van der Waals surface area contributed by atoms with Crippen molar-refractivity contribution < 1.29 is 14.3 Å². The Morgan fingerprint density at radius 2 is 2.00 bits per heavy atom. The number of fused-ring (bicyclic) bond motifs is 1. The molecule has 0 bridgehead atoms. The number of para-hydroxylation sites is 1. The fraction of sp³-hybridized carbons (Fsp3) is 0.211. The number of amides is 2. The number of anilines is 2. The van der Waals surface area contributed by atoms with Gasteiger partial charge in [0.05, 0.1) is 10.2 Å². The summed E-state index contributed by atoms with van der Waals surface area (Å²) in [5.74, 6) is -0.441. The second-order valence-corrected chi connectivity index (χ2v) is 7.04. The molecule has 0 radical (unpaired) electrons. The first-order chi connectivity index (χ1) is 12.7. The van der Waals surface area contributed by atoms with Gasteiger partial charge in [0.15, 0.2) is 5.13 Å². The minimum Gasteiger partial charge on any atom is -0.368 e. The molecule has 132 valence electrons. The molecule has 3 aromatic rings. The Hall–Kier alpha value is -2.77. The summed E-state index contributed by atoms with van der Waals surface area (Å²) in [5.41, 5.74) is 1.88. The molecule has 0 aliphatic carbocycles. The van der Waals surface area contributed by atoms with Crippen LogP contribution in [0.15, 0.2) is 48.5 Å². The summed E-state index contributed by atoms with van der Waals surface area (Å²) in [6.07, 6.45) is 1.21. The van der Waals surface area contributed by atoms with Crippen LogP contribution >= 0.6 is 11.3 Å². The first-order valence-corrected chi connectivity index (χ1v) is 9.20. The summed E-state index contributed by atoms with van der Waals surface area (Å²) in [5, 5.41) is 6.17. The summed E-state index contributed by atoms with van der Waals surface area (Å²) in [6, 6.07) is 14.5. The van der Waals surface area contributed by atoms with E-state index in [1.54, 1.807) is 24.3 Å². The maximum atomic E-state index is 12.5. The van der Waals surface area contributed by atoms with Gasteiger partial charge in [0.1, 0.15) is 6.10 Å². The quantitative estimate of drug-likeness (QED) is 0.737. The normalized spacial score (nSPS) is 16.5. The molecule has 0 spiro atoms. The highest BCUT2D eigenvalue weighted by Crippen LogP contribution is 2.26. The predicted octanol–water partition coefficient (Wildman–Crippen LogP) is 3.67. The zero-order chi connectivity index (χ0) is 17.9. The number of aromatic nitrogens is 1. The number of benzene rings is 2. The van der Waals surface area contributed by atoms with Crippen LogP contribution in [-0.2, 0) is 9.53 Å². The SMILES string of the molecule is O=C(Nc1nc2ccccc2s1)c1cccc(NC(=O)C2CCCO2)c1. The molecule has 1 fully saturated rings. The van der Waals surface area contributed by atoms with E-state index in [2.05, 4.69) is 15.6 Å². The minimum atomic E-state index is -0.407. The molecule has 7 heteroatoms. The molecule has 2 amide bonds. The number of carbonyl (C=O) groups is 2. The maximum Gasteiger partial charge on any atom is 0.257 e. The monoisotopic (exact) mass is 367 g/mol. The third-order valence-corrected chi connectivity index (χ3v) is 5.08. The highest BCUT2D eigenvalue weighted by molar-refractivity contribution is 7.22. The summed E-state index contributed by atoms with van der Waals surface area (Å²) >= 11 is 1.42. The lowest BCUT2D eigenvalue weighted by Gasteiger charge is -2.11. The molecule has 2 heterocycles. The molecule has 1 aromatic heterocycles. The Morgan fingerprint density at radius 1 is 1.12 bits per heavy atom. The van der Waals surface area contributed by atoms with E-state index < -0.39 is 6.10 Å². The van der Waals surface area contributed by atoms with Crippen LogP contribution in [0.1, 0.15) is 23.2 Å². The zero-order valence-electron chi connectivity index (χ0n) is 13.9. The van der Waals surface area contributed by atoms with Crippen molar-refractivity contribution >= 4 is 44.2 Å². The van der Waals surface area contributed by atoms with Gasteiger partial charge < -0.3 is 10.1 Å². The molecule has 6 nitrogen and oxygen atoms in total. The number of nitrogens with one attached hydrogen (secondary N) is 2. The Labute approximate surface area is 154 Å². The van der Waals surface area contributed by atoms with E-state index in [1.165, 1.54) is 11.3 Å². The van der Waals surface area contributed by atoms with E-state index in [-0.39, 0.29) is 11.8 Å².